The maximum absolute atomic E-state index is 12.3. The highest BCUT2D eigenvalue weighted by Crippen LogP contribution is 2.18. The van der Waals surface area contributed by atoms with Crippen molar-refractivity contribution in [1.29, 1.82) is 0 Å². The highest BCUT2D eigenvalue weighted by molar-refractivity contribution is 5.98. The van der Waals surface area contributed by atoms with Crippen LogP contribution in [0.15, 0.2) is 41.5 Å². The molecule has 0 N–H and O–H groups in total. The number of hydrogen-bond acceptors (Lipinski definition) is 3. The van der Waals surface area contributed by atoms with Crippen molar-refractivity contribution in [2.45, 2.75) is 26.9 Å². The third kappa shape index (κ3) is 2.82. The van der Waals surface area contributed by atoms with Crippen LogP contribution in [0.3, 0.4) is 0 Å². The number of aryl methyl sites for hydroxylation is 1. The first-order valence-electron chi connectivity index (χ1n) is 6.68. The van der Waals surface area contributed by atoms with Crippen molar-refractivity contribution in [3.63, 3.8) is 0 Å². The van der Waals surface area contributed by atoms with E-state index in [1.165, 1.54) is 4.57 Å². The minimum absolute atomic E-state index is 0.0237. The Morgan fingerprint density at radius 2 is 1.85 bits per heavy atom. The zero-order valence-corrected chi connectivity index (χ0v) is 11.7. The molecule has 2 aromatic rings. The van der Waals surface area contributed by atoms with E-state index in [0.29, 0.717) is 24.5 Å². The zero-order chi connectivity index (χ0) is 14.5. The van der Waals surface area contributed by atoms with Crippen LogP contribution in [0.1, 0.15) is 24.2 Å². The SMILES string of the molecule is CCOc1ccccc1C(=O)Cn1ccn(CC)c1=O. The van der Waals surface area contributed by atoms with E-state index < -0.39 is 0 Å². The molecule has 0 aliphatic heterocycles. The molecule has 5 heteroatoms. The van der Waals surface area contributed by atoms with Crippen molar-refractivity contribution in [2.75, 3.05) is 6.61 Å². The quantitative estimate of drug-likeness (QED) is 0.757. The number of ether oxygens (including phenoxy) is 1. The summed E-state index contributed by atoms with van der Waals surface area (Å²) in [6.07, 6.45) is 3.32. The lowest BCUT2D eigenvalue weighted by Gasteiger charge is -2.09. The van der Waals surface area contributed by atoms with Gasteiger partial charge in [0.1, 0.15) is 5.75 Å². The fourth-order valence-corrected chi connectivity index (χ4v) is 2.03. The lowest BCUT2D eigenvalue weighted by Crippen LogP contribution is -2.26. The summed E-state index contributed by atoms with van der Waals surface area (Å²) < 4.78 is 8.41. The largest absolute Gasteiger partial charge is 0.493 e. The number of rotatable bonds is 6. The van der Waals surface area contributed by atoms with Crippen LogP contribution in [-0.4, -0.2) is 21.5 Å². The molecule has 0 aliphatic rings. The maximum atomic E-state index is 12.3. The number of imidazole rings is 1. The second-order valence-electron chi connectivity index (χ2n) is 4.35. The van der Waals surface area contributed by atoms with Gasteiger partial charge in [-0.3, -0.25) is 13.9 Å². The van der Waals surface area contributed by atoms with Gasteiger partial charge in [0.2, 0.25) is 0 Å². The van der Waals surface area contributed by atoms with Gasteiger partial charge in [0.25, 0.3) is 0 Å². The number of hydrogen-bond donors (Lipinski definition) is 0. The average Bonchev–Trinajstić information content (AvgIpc) is 2.80. The molecule has 20 heavy (non-hydrogen) atoms. The molecule has 1 heterocycles. The van der Waals surface area contributed by atoms with Crippen LogP contribution >= 0.6 is 0 Å². The highest BCUT2D eigenvalue weighted by atomic mass is 16.5. The molecule has 0 saturated carbocycles. The van der Waals surface area contributed by atoms with Crippen molar-refractivity contribution in [1.82, 2.24) is 9.13 Å². The first-order valence-corrected chi connectivity index (χ1v) is 6.68. The summed E-state index contributed by atoms with van der Waals surface area (Å²) in [7, 11) is 0. The number of benzene rings is 1. The maximum Gasteiger partial charge on any atom is 0.328 e. The van der Waals surface area contributed by atoms with Crippen LogP contribution in [0.25, 0.3) is 0 Å². The number of carbonyl (C=O) groups is 1. The van der Waals surface area contributed by atoms with Gasteiger partial charge in [0.05, 0.1) is 18.7 Å². The normalized spacial score (nSPS) is 10.5. The minimum atomic E-state index is -0.172. The van der Waals surface area contributed by atoms with Crippen molar-refractivity contribution in [3.05, 3.63) is 52.7 Å². The molecule has 0 fully saturated rings. The average molecular weight is 274 g/mol. The molecular formula is C15H18N2O3. The van der Waals surface area contributed by atoms with Gasteiger partial charge in [-0.2, -0.15) is 0 Å². The topological polar surface area (TPSA) is 53.2 Å². The molecule has 0 spiro atoms. The molecule has 0 aliphatic carbocycles. The zero-order valence-electron chi connectivity index (χ0n) is 11.7. The third-order valence-electron chi connectivity index (χ3n) is 3.06. The summed E-state index contributed by atoms with van der Waals surface area (Å²) in [6, 6.07) is 7.09. The molecule has 0 bridgehead atoms. The van der Waals surface area contributed by atoms with Crippen LogP contribution in [0, 0.1) is 0 Å². The van der Waals surface area contributed by atoms with E-state index in [2.05, 4.69) is 0 Å². The minimum Gasteiger partial charge on any atom is -0.493 e. The van der Waals surface area contributed by atoms with Gasteiger partial charge in [-0.1, -0.05) is 12.1 Å². The van der Waals surface area contributed by atoms with Crippen LogP contribution in [0.4, 0.5) is 0 Å². The number of para-hydroxylation sites is 1. The van der Waals surface area contributed by atoms with Crippen molar-refractivity contribution >= 4 is 5.78 Å². The fourth-order valence-electron chi connectivity index (χ4n) is 2.03. The Morgan fingerprint density at radius 3 is 2.50 bits per heavy atom. The van der Waals surface area contributed by atoms with Gasteiger partial charge < -0.3 is 4.74 Å². The second kappa shape index (κ2) is 6.23. The van der Waals surface area contributed by atoms with E-state index in [1.807, 2.05) is 19.9 Å². The number of Topliss-reactive ketones (excluding diaryl/α,β-unsaturated/α-hetero) is 1. The number of aromatic nitrogens is 2. The Hall–Kier alpha value is -2.30. The van der Waals surface area contributed by atoms with Gasteiger partial charge in [-0.15, -0.1) is 0 Å². The molecule has 0 unspecified atom stereocenters. The summed E-state index contributed by atoms with van der Waals surface area (Å²) in [5.41, 5.74) is 0.334. The van der Waals surface area contributed by atoms with Gasteiger partial charge >= 0.3 is 5.69 Å². The van der Waals surface area contributed by atoms with Crippen molar-refractivity contribution in [3.8, 4) is 5.75 Å². The Bertz CT molecular complexity index is 655. The lowest BCUT2D eigenvalue weighted by atomic mass is 10.1. The number of carbonyl (C=O) groups excluding carboxylic acids is 1. The summed E-state index contributed by atoms with van der Waals surface area (Å²) in [4.78, 5) is 24.2. The molecule has 0 saturated heterocycles. The van der Waals surface area contributed by atoms with Crippen LogP contribution in [0.2, 0.25) is 0 Å². The van der Waals surface area contributed by atoms with Gasteiger partial charge in [0, 0.05) is 18.9 Å². The summed E-state index contributed by atoms with van der Waals surface area (Å²) >= 11 is 0. The van der Waals surface area contributed by atoms with E-state index in [9.17, 15) is 9.59 Å². The van der Waals surface area contributed by atoms with Crippen molar-refractivity contribution in [2.24, 2.45) is 0 Å². The smallest absolute Gasteiger partial charge is 0.328 e. The van der Waals surface area contributed by atoms with E-state index in [1.54, 1.807) is 35.2 Å². The molecule has 5 nitrogen and oxygen atoms in total. The predicted octanol–water partition coefficient (Wildman–Crippen LogP) is 1.95. The molecule has 1 aromatic carbocycles. The number of ketones is 1. The monoisotopic (exact) mass is 274 g/mol. The summed E-state index contributed by atoms with van der Waals surface area (Å²) in [6.45, 7) is 4.87. The van der Waals surface area contributed by atoms with E-state index in [4.69, 9.17) is 4.74 Å². The van der Waals surface area contributed by atoms with Gasteiger partial charge in [-0.25, -0.2) is 4.79 Å². The Balaban J connectivity index is 2.24. The molecule has 0 amide bonds. The van der Waals surface area contributed by atoms with Crippen LogP contribution in [-0.2, 0) is 13.1 Å². The van der Waals surface area contributed by atoms with E-state index in [0.717, 1.165) is 0 Å². The van der Waals surface area contributed by atoms with Gasteiger partial charge in [0.15, 0.2) is 5.78 Å². The standard InChI is InChI=1S/C15H18N2O3/c1-3-16-9-10-17(15(16)19)11-13(18)12-7-5-6-8-14(12)20-4-2/h5-10H,3-4,11H2,1-2H3. The summed E-state index contributed by atoms with van der Waals surface area (Å²) in [5.74, 6) is 0.424. The third-order valence-corrected chi connectivity index (χ3v) is 3.06. The Kier molecular flexibility index (Phi) is 4.40. The fraction of sp³-hybridized carbons (Fsp3) is 0.333. The molecule has 2 rings (SSSR count). The molecule has 0 radical (unpaired) electrons. The summed E-state index contributed by atoms with van der Waals surface area (Å²) in [5, 5.41) is 0. The van der Waals surface area contributed by atoms with Crippen molar-refractivity contribution < 1.29 is 9.53 Å². The highest BCUT2D eigenvalue weighted by Gasteiger charge is 2.14. The van der Waals surface area contributed by atoms with E-state index in [-0.39, 0.29) is 18.0 Å². The molecule has 106 valence electrons. The lowest BCUT2D eigenvalue weighted by molar-refractivity contribution is 0.0967. The Morgan fingerprint density at radius 1 is 1.15 bits per heavy atom. The second-order valence-corrected chi connectivity index (χ2v) is 4.35. The molecule has 0 atom stereocenters. The molecular weight excluding hydrogens is 256 g/mol. The van der Waals surface area contributed by atoms with Gasteiger partial charge in [-0.05, 0) is 26.0 Å². The number of nitrogens with zero attached hydrogens (tertiary/aromatic N) is 2. The van der Waals surface area contributed by atoms with Crippen LogP contribution < -0.4 is 10.4 Å². The van der Waals surface area contributed by atoms with E-state index >= 15 is 0 Å². The first kappa shape index (κ1) is 14.1. The van der Waals surface area contributed by atoms with Crippen LogP contribution in [0.5, 0.6) is 5.75 Å². The predicted molar refractivity (Wildman–Crippen MR) is 76.3 cm³/mol. The Labute approximate surface area is 117 Å². The first-order chi connectivity index (χ1) is 9.67. The molecule has 1 aromatic heterocycles.